The Balaban J connectivity index is 1.37. The normalized spacial score (nSPS) is 17.9. The zero-order valence-corrected chi connectivity index (χ0v) is 15.0. The van der Waals surface area contributed by atoms with Crippen LogP contribution < -0.4 is 0 Å². The number of hydrogen-bond donors (Lipinski definition) is 0. The number of rotatable bonds is 4. The predicted octanol–water partition coefficient (Wildman–Crippen LogP) is 4.68. The van der Waals surface area contributed by atoms with Crippen LogP contribution in [0.15, 0.2) is 59.3 Å². The Bertz CT molecular complexity index is 993. The van der Waals surface area contributed by atoms with Gasteiger partial charge in [-0.05, 0) is 43.7 Å². The Labute approximate surface area is 155 Å². The van der Waals surface area contributed by atoms with E-state index in [4.69, 9.17) is 9.51 Å². The van der Waals surface area contributed by atoms with Crippen LogP contribution in [0.3, 0.4) is 0 Å². The molecule has 1 atom stereocenters. The molecule has 130 valence electrons. The quantitative estimate of drug-likeness (QED) is 0.527. The van der Waals surface area contributed by atoms with Gasteiger partial charge in [-0.25, -0.2) is 4.98 Å². The van der Waals surface area contributed by atoms with Gasteiger partial charge in [0.2, 0.25) is 0 Å². The predicted molar refractivity (Wildman–Crippen MR) is 102 cm³/mol. The van der Waals surface area contributed by atoms with Crippen molar-refractivity contribution < 1.29 is 4.52 Å². The first-order valence-corrected chi connectivity index (χ1v) is 9.65. The molecular formula is C20H18N4OS. The SMILES string of the molecule is c1ccc(-c2cc(CN3CCC[C@@H]3c3nc4ccccc4s3)on2)nc1. The first-order valence-electron chi connectivity index (χ1n) is 8.83. The fourth-order valence-corrected chi connectivity index (χ4v) is 4.69. The molecule has 1 aliphatic heterocycles. The highest BCUT2D eigenvalue weighted by Gasteiger charge is 2.29. The molecule has 4 aromatic rings. The van der Waals surface area contributed by atoms with E-state index in [1.807, 2.05) is 30.3 Å². The largest absolute Gasteiger partial charge is 0.359 e. The Hall–Kier alpha value is -2.57. The minimum Gasteiger partial charge on any atom is -0.359 e. The first kappa shape index (κ1) is 15.7. The molecule has 0 unspecified atom stereocenters. The van der Waals surface area contributed by atoms with Crippen LogP contribution in [-0.2, 0) is 6.54 Å². The maximum absolute atomic E-state index is 5.58. The summed E-state index contributed by atoms with van der Waals surface area (Å²) in [4.78, 5) is 11.6. The summed E-state index contributed by atoms with van der Waals surface area (Å²) in [5.74, 6) is 0.874. The van der Waals surface area contributed by atoms with E-state index in [1.54, 1.807) is 17.5 Å². The van der Waals surface area contributed by atoms with Gasteiger partial charge in [0.25, 0.3) is 0 Å². The minimum atomic E-state index is 0.357. The highest BCUT2D eigenvalue weighted by molar-refractivity contribution is 7.18. The molecule has 5 rings (SSSR count). The van der Waals surface area contributed by atoms with Gasteiger partial charge in [0.1, 0.15) is 10.7 Å². The Kier molecular flexibility index (Phi) is 3.99. The second-order valence-electron chi connectivity index (χ2n) is 6.54. The van der Waals surface area contributed by atoms with Gasteiger partial charge >= 0.3 is 0 Å². The van der Waals surface area contributed by atoms with Crippen LogP contribution in [0, 0.1) is 0 Å². The molecule has 26 heavy (non-hydrogen) atoms. The van der Waals surface area contributed by atoms with Crippen LogP contribution in [0.2, 0.25) is 0 Å². The highest BCUT2D eigenvalue weighted by Crippen LogP contribution is 2.37. The van der Waals surface area contributed by atoms with Crippen molar-refractivity contribution >= 4 is 21.6 Å². The minimum absolute atomic E-state index is 0.357. The molecule has 3 aromatic heterocycles. The van der Waals surface area contributed by atoms with Crippen molar-refractivity contribution in [3.8, 4) is 11.4 Å². The van der Waals surface area contributed by atoms with E-state index in [-0.39, 0.29) is 0 Å². The van der Waals surface area contributed by atoms with Gasteiger partial charge in [-0.15, -0.1) is 11.3 Å². The number of likely N-dealkylation sites (tertiary alicyclic amines) is 1. The van der Waals surface area contributed by atoms with E-state index in [1.165, 1.54) is 16.1 Å². The van der Waals surface area contributed by atoms with Crippen molar-refractivity contribution in [3.05, 3.63) is 65.5 Å². The summed E-state index contributed by atoms with van der Waals surface area (Å²) in [6.45, 7) is 1.81. The van der Waals surface area contributed by atoms with Gasteiger partial charge in [-0.1, -0.05) is 23.4 Å². The van der Waals surface area contributed by atoms with E-state index in [0.717, 1.165) is 42.2 Å². The standard InChI is InChI=1S/C20H18N4OS/c1-2-9-19-16(7-1)22-20(26-19)18-8-5-11-24(18)13-14-12-17(23-25-14)15-6-3-4-10-21-15/h1-4,6-7,9-10,12,18H,5,8,11,13H2/t18-/m1/s1. The summed E-state index contributed by atoms with van der Waals surface area (Å²) in [7, 11) is 0. The zero-order valence-electron chi connectivity index (χ0n) is 14.2. The molecule has 0 radical (unpaired) electrons. The summed E-state index contributed by atoms with van der Waals surface area (Å²) in [5.41, 5.74) is 2.72. The number of thiazole rings is 1. The van der Waals surface area contributed by atoms with E-state index in [2.05, 4.69) is 33.2 Å². The third-order valence-electron chi connectivity index (χ3n) is 4.80. The Morgan fingerprint density at radius 1 is 1.12 bits per heavy atom. The third kappa shape index (κ3) is 2.91. The second-order valence-corrected chi connectivity index (χ2v) is 7.60. The summed E-state index contributed by atoms with van der Waals surface area (Å²) in [6.07, 6.45) is 4.09. The average molecular weight is 362 g/mol. The average Bonchev–Trinajstić information content (AvgIpc) is 3.41. The molecule has 1 aromatic carbocycles. The number of aromatic nitrogens is 3. The molecule has 0 saturated carbocycles. The molecule has 1 fully saturated rings. The molecule has 1 saturated heterocycles. The monoisotopic (exact) mass is 362 g/mol. The van der Waals surface area contributed by atoms with E-state index in [0.29, 0.717) is 6.04 Å². The molecule has 6 heteroatoms. The third-order valence-corrected chi connectivity index (χ3v) is 5.94. The van der Waals surface area contributed by atoms with Crippen LogP contribution in [-0.4, -0.2) is 26.6 Å². The maximum Gasteiger partial charge on any atom is 0.151 e. The van der Waals surface area contributed by atoms with Crippen molar-refractivity contribution in [3.63, 3.8) is 0 Å². The number of benzene rings is 1. The number of pyridine rings is 1. The van der Waals surface area contributed by atoms with Gasteiger partial charge in [0.15, 0.2) is 5.76 Å². The number of hydrogen-bond acceptors (Lipinski definition) is 6. The first-order chi connectivity index (χ1) is 12.9. The lowest BCUT2D eigenvalue weighted by atomic mass is 10.2. The number of fused-ring (bicyclic) bond motifs is 1. The van der Waals surface area contributed by atoms with Gasteiger partial charge in [0.05, 0.1) is 28.5 Å². The lowest BCUT2D eigenvalue weighted by molar-refractivity contribution is 0.217. The molecule has 1 aliphatic rings. The fourth-order valence-electron chi connectivity index (χ4n) is 3.55. The summed E-state index contributed by atoms with van der Waals surface area (Å²) < 4.78 is 6.83. The molecule has 0 amide bonds. The van der Waals surface area contributed by atoms with Gasteiger partial charge in [-0.3, -0.25) is 9.88 Å². The van der Waals surface area contributed by atoms with Gasteiger partial charge in [-0.2, -0.15) is 0 Å². The van der Waals surface area contributed by atoms with Crippen molar-refractivity contribution in [1.29, 1.82) is 0 Å². The van der Waals surface area contributed by atoms with Crippen LogP contribution in [0.4, 0.5) is 0 Å². The van der Waals surface area contributed by atoms with Gasteiger partial charge in [0, 0.05) is 12.3 Å². The molecule has 0 spiro atoms. The number of para-hydroxylation sites is 1. The van der Waals surface area contributed by atoms with Crippen LogP contribution in [0.1, 0.15) is 29.7 Å². The topological polar surface area (TPSA) is 55.1 Å². The van der Waals surface area contributed by atoms with Crippen molar-refractivity contribution in [2.45, 2.75) is 25.4 Å². The lowest BCUT2D eigenvalue weighted by Gasteiger charge is -2.20. The lowest BCUT2D eigenvalue weighted by Crippen LogP contribution is -2.22. The Morgan fingerprint density at radius 2 is 2.04 bits per heavy atom. The summed E-state index contributed by atoms with van der Waals surface area (Å²) in [5, 5.41) is 5.39. The van der Waals surface area contributed by atoms with Crippen LogP contribution >= 0.6 is 11.3 Å². The van der Waals surface area contributed by atoms with Crippen molar-refractivity contribution in [1.82, 2.24) is 20.0 Å². The fraction of sp³-hybridized carbons (Fsp3) is 0.250. The van der Waals surface area contributed by atoms with E-state index in [9.17, 15) is 0 Å². The highest BCUT2D eigenvalue weighted by atomic mass is 32.1. The van der Waals surface area contributed by atoms with E-state index < -0.39 is 0 Å². The Morgan fingerprint density at radius 3 is 2.92 bits per heavy atom. The summed E-state index contributed by atoms with van der Waals surface area (Å²) >= 11 is 1.80. The molecule has 5 nitrogen and oxygen atoms in total. The second kappa shape index (κ2) is 6.63. The van der Waals surface area contributed by atoms with E-state index >= 15 is 0 Å². The maximum atomic E-state index is 5.58. The molecule has 0 aliphatic carbocycles. The van der Waals surface area contributed by atoms with Gasteiger partial charge < -0.3 is 4.52 Å². The smallest absolute Gasteiger partial charge is 0.151 e. The molecular weight excluding hydrogens is 344 g/mol. The molecule has 0 bridgehead atoms. The molecule has 0 N–H and O–H groups in total. The van der Waals surface area contributed by atoms with Crippen LogP contribution in [0.25, 0.3) is 21.6 Å². The summed E-state index contributed by atoms with van der Waals surface area (Å²) in [6, 6.07) is 16.5. The van der Waals surface area contributed by atoms with Crippen LogP contribution in [0.5, 0.6) is 0 Å². The van der Waals surface area contributed by atoms with Crippen molar-refractivity contribution in [2.24, 2.45) is 0 Å². The number of nitrogens with zero attached hydrogens (tertiary/aromatic N) is 4. The zero-order chi connectivity index (χ0) is 17.3. The molecule has 4 heterocycles. The van der Waals surface area contributed by atoms with Crippen molar-refractivity contribution in [2.75, 3.05) is 6.54 Å².